The van der Waals surface area contributed by atoms with E-state index in [9.17, 15) is 4.79 Å². The molecule has 4 heteroatoms. The van der Waals surface area contributed by atoms with E-state index in [1.807, 2.05) is 37.4 Å². The predicted octanol–water partition coefficient (Wildman–Crippen LogP) is 2.29. The Balaban J connectivity index is 2.37. The topological polar surface area (TPSA) is 65.1 Å². The molecule has 0 amide bonds. The largest absolute Gasteiger partial charge is 0.481 e. The Morgan fingerprint density at radius 1 is 1.47 bits per heavy atom. The highest BCUT2D eigenvalue weighted by atomic mass is 16.4. The zero-order chi connectivity index (χ0) is 12.3. The molecule has 1 atom stereocenters. The predicted molar refractivity (Wildman–Crippen MR) is 67.0 cm³/mol. The highest BCUT2D eigenvalue weighted by Crippen LogP contribution is 2.25. The van der Waals surface area contributed by atoms with Crippen LogP contribution in [0.25, 0.3) is 10.9 Å². The van der Waals surface area contributed by atoms with Crippen LogP contribution >= 0.6 is 0 Å². The number of carbonyl (C=O) groups is 1. The normalized spacial score (nSPS) is 12.8. The van der Waals surface area contributed by atoms with Crippen LogP contribution in [0.15, 0.2) is 30.5 Å². The average Bonchev–Trinajstić information content (AvgIpc) is 2.71. The van der Waals surface area contributed by atoms with Crippen molar-refractivity contribution >= 4 is 16.9 Å². The van der Waals surface area contributed by atoms with E-state index in [1.165, 1.54) is 0 Å². The first kappa shape index (κ1) is 11.7. The fourth-order valence-electron chi connectivity index (χ4n) is 2.10. The number of nitrogens with one attached hydrogen (secondary N) is 2. The molecule has 0 aliphatic carbocycles. The van der Waals surface area contributed by atoms with E-state index in [1.54, 1.807) is 0 Å². The monoisotopic (exact) mass is 232 g/mol. The molecule has 1 aromatic heterocycles. The van der Waals surface area contributed by atoms with Gasteiger partial charge in [-0.15, -0.1) is 0 Å². The van der Waals surface area contributed by atoms with Crippen molar-refractivity contribution in [2.24, 2.45) is 0 Å². The second-order valence-electron chi connectivity index (χ2n) is 4.00. The number of fused-ring (bicyclic) bond motifs is 1. The third kappa shape index (κ3) is 2.47. The SMILES string of the molecule is CCNC(CC(=O)O)c1c[nH]c2ccccc12. The van der Waals surface area contributed by atoms with E-state index >= 15 is 0 Å². The minimum absolute atomic E-state index is 0.0929. The van der Waals surface area contributed by atoms with Crippen LogP contribution < -0.4 is 5.32 Å². The fourth-order valence-corrected chi connectivity index (χ4v) is 2.10. The van der Waals surface area contributed by atoms with Crippen molar-refractivity contribution in [2.45, 2.75) is 19.4 Å². The van der Waals surface area contributed by atoms with Crippen LogP contribution in [-0.2, 0) is 4.79 Å². The minimum atomic E-state index is -0.791. The minimum Gasteiger partial charge on any atom is -0.481 e. The molecular weight excluding hydrogens is 216 g/mol. The molecule has 0 saturated carbocycles. The zero-order valence-corrected chi connectivity index (χ0v) is 9.73. The summed E-state index contributed by atoms with van der Waals surface area (Å²) < 4.78 is 0. The van der Waals surface area contributed by atoms with Crippen molar-refractivity contribution in [3.63, 3.8) is 0 Å². The summed E-state index contributed by atoms with van der Waals surface area (Å²) in [5.74, 6) is -0.791. The Hall–Kier alpha value is -1.81. The van der Waals surface area contributed by atoms with Gasteiger partial charge < -0.3 is 15.4 Å². The molecule has 90 valence electrons. The number of carboxylic acids is 1. The number of H-pyrrole nitrogens is 1. The van der Waals surface area contributed by atoms with E-state index in [0.29, 0.717) is 0 Å². The number of rotatable bonds is 5. The van der Waals surface area contributed by atoms with Gasteiger partial charge in [-0.2, -0.15) is 0 Å². The molecule has 0 bridgehead atoms. The molecule has 0 fully saturated rings. The summed E-state index contributed by atoms with van der Waals surface area (Å²) in [4.78, 5) is 14.0. The molecule has 0 aliphatic heterocycles. The molecule has 3 N–H and O–H groups in total. The lowest BCUT2D eigenvalue weighted by Gasteiger charge is -2.15. The fraction of sp³-hybridized carbons (Fsp3) is 0.308. The molecule has 0 spiro atoms. The first-order valence-electron chi connectivity index (χ1n) is 5.73. The van der Waals surface area contributed by atoms with E-state index < -0.39 is 5.97 Å². The molecule has 1 heterocycles. The first-order chi connectivity index (χ1) is 8.22. The lowest BCUT2D eigenvalue weighted by atomic mass is 10.0. The number of aromatic nitrogens is 1. The maximum absolute atomic E-state index is 10.9. The molecule has 17 heavy (non-hydrogen) atoms. The standard InChI is InChI=1S/C13H16N2O2/c1-2-14-12(7-13(16)17)10-8-15-11-6-4-3-5-9(10)11/h3-6,8,12,14-15H,2,7H2,1H3,(H,16,17). The Kier molecular flexibility index (Phi) is 3.44. The maximum atomic E-state index is 10.9. The third-order valence-electron chi connectivity index (χ3n) is 2.83. The van der Waals surface area contributed by atoms with Gasteiger partial charge in [-0.05, 0) is 18.2 Å². The number of aromatic amines is 1. The lowest BCUT2D eigenvalue weighted by molar-refractivity contribution is -0.137. The summed E-state index contributed by atoms with van der Waals surface area (Å²) in [5, 5.41) is 13.2. The number of para-hydroxylation sites is 1. The molecule has 0 aliphatic rings. The zero-order valence-electron chi connectivity index (χ0n) is 9.73. The van der Waals surface area contributed by atoms with Crippen LogP contribution in [0.4, 0.5) is 0 Å². The molecule has 2 aromatic rings. The Bertz CT molecular complexity index is 519. The van der Waals surface area contributed by atoms with Crippen LogP contribution in [0.2, 0.25) is 0 Å². The van der Waals surface area contributed by atoms with Crippen molar-refractivity contribution in [3.05, 3.63) is 36.0 Å². The van der Waals surface area contributed by atoms with Gasteiger partial charge in [0.2, 0.25) is 0 Å². The molecule has 0 radical (unpaired) electrons. The van der Waals surface area contributed by atoms with Crippen LogP contribution in [-0.4, -0.2) is 22.6 Å². The van der Waals surface area contributed by atoms with Gasteiger partial charge in [0.05, 0.1) is 6.42 Å². The number of hydrogen-bond donors (Lipinski definition) is 3. The van der Waals surface area contributed by atoms with Gasteiger partial charge in [0, 0.05) is 23.1 Å². The van der Waals surface area contributed by atoms with Crippen molar-refractivity contribution in [1.29, 1.82) is 0 Å². The van der Waals surface area contributed by atoms with Crippen molar-refractivity contribution in [2.75, 3.05) is 6.54 Å². The van der Waals surface area contributed by atoms with Crippen molar-refractivity contribution < 1.29 is 9.90 Å². The highest BCUT2D eigenvalue weighted by molar-refractivity contribution is 5.84. The van der Waals surface area contributed by atoms with Crippen LogP contribution in [0.3, 0.4) is 0 Å². The first-order valence-corrected chi connectivity index (χ1v) is 5.73. The van der Waals surface area contributed by atoms with Gasteiger partial charge in [-0.3, -0.25) is 4.79 Å². The van der Waals surface area contributed by atoms with Gasteiger partial charge in [0.1, 0.15) is 0 Å². The summed E-state index contributed by atoms with van der Waals surface area (Å²) in [6, 6.07) is 7.77. The van der Waals surface area contributed by atoms with Gasteiger partial charge in [-0.25, -0.2) is 0 Å². The average molecular weight is 232 g/mol. The van der Waals surface area contributed by atoms with Crippen molar-refractivity contribution in [1.82, 2.24) is 10.3 Å². The van der Waals surface area contributed by atoms with E-state index in [-0.39, 0.29) is 12.5 Å². The maximum Gasteiger partial charge on any atom is 0.305 e. The van der Waals surface area contributed by atoms with Gasteiger partial charge >= 0.3 is 5.97 Å². The number of benzene rings is 1. The number of hydrogen-bond acceptors (Lipinski definition) is 2. The summed E-state index contributed by atoms with van der Waals surface area (Å²) in [5.41, 5.74) is 2.06. The van der Waals surface area contributed by atoms with Crippen molar-refractivity contribution in [3.8, 4) is 0 Å². The third-order valence-corrected chi connectivity index (χ3v) is 2.83. The van der Waals surface area contributed by atoms with E-state index in [0.717, 1.165) is 23.0 Å². The van der Waals surface area contributed by atoms with Crippen LogP contribution in [0.5, 0.6) is 0 Å². The molecule has 2 rings (SSSR count). The summed E-state index contributed by atoms with van der Waals surface area (Å²) in [6.45, 7) is 2.72. The lowest BCUT2D eigenvalue weighted by Crippen LogP contribution is -2.23. The second-order valence-corrected chi connectivity index (χ2v) is 4.00. The molecule has 0 saturated heterocycles. The quantitative estimate of drug-likeness (QED) is 0.741. The Morgan fingerprint density at radius 2 is 2.24 bits per heavy atom. The van der Waals surface area contributed by atoms with Gasteiger partial charge in [0.15, 0.2) is 0 Å². The molecule has 1 unspecified atom stereocenters. The second kappa shape index (κ2) is 5.01. The van der Waals surface area contributed by atoms with Crippen LogP contribution in [0, 0.1) is 0 Å². The molecule has 4 nitrogen and oxygen atoms in total. The van der Waals surface area contributed by atoms with Crippen LogP contribution in [0.1, 0.15) is 24.9 Å². The summed E-state index contributed by atoms with van der Waals surface area (Å²) in [6.07, 6.45) is 1.98. The van der Waals surface area contributed by atoms with Gasteiger partial charge in [-0.1, -0.05) is 25.1 Å². The van der Waals surface area contributed by atoms with E-state index in [2.05, 4.69) is 10.3 Å². The summed E-state index contributed by atoms with van der Waals surface area (Å²) >= 11 is 0. The number of carboxylic acid groups (broad SMARTS) is 1. The number of aliphatic carboxylic acids is 1. The molecule has 1 aromatic carbocycles. The smallest absolute Gasteiger partial charge is 0.305 e. The van der Waals surface area contributed by atoms with Gasteiger partial charge in [0.25, 0.3) is 0 Å². The van der Waals surface area contributed by atoms with E-state index in [4.69, 9.17) is 5.11 Å². The summed E-state index contributed by atoms with van der Waals surface area (Å²) in [7, 11) is 0. The molecular formula is C13H16N2O2. The highest BCUT2D eigenvalue weighted by Gasteiger charge is 2.17. The Labute approximate surface area is 99.7 Å². The Morgan fingerprint density at radius 3 is 2.94 bits per heavy atom.